The van der Waals surface area contributed by atoms with Gasteiger partial charge in [0, 0.05) is 23.1 Å². The predicted molar refractivity (Wildman–Crippen MR) is 96.3 cm³/mol. The summed E-state index contributed by atoms with van der Waals surface area (Å²) in [4.78, 5) is 14.6. The van der Waals surface area contributed by atoms with Crippen molar-refractivity contribution in [2.24, 2.45) is 0 Å². The van der Waals surface area contributed by atoms with Crippen LogP contribution in [-0.2, 0) is 10.2 Å². The first-order valence-electron chi connectivity index (χ1n) is 8.91. The molecule has 4 rings (SSSR count). The number of likely N-dealkylation sites (N-methyl/N-ethyl adjacent to an activating group) is 1. The number of likely N-dealkylation sites (tertiary alicyclic amines) is 1. The molecule has 1 aromatic carbocycles. The Hall–Kier alpha value is -1.49. The van der Waals surface area contributed by atoms with Gasteiger partial charge in [-0.25, -0.2) is 0 Å². The summed E-state index contributed by atoms with van der Waals surface area (Å²) in [5.41, 5.74) is 1.25. The highest BCUT2D eigenvalue weighted by Crippen LogP contribution is 2.67. The minimum Gasteiger partial charge on any atom is -0.493 e. The zero-order chi connectivity index (χ0) is 17.5. The molecule has 3 fully saturated rings. The van der Waals surface area contributed by atoms with Gasteiger partial charge in [-0.05, 0) is 44.1 Å². The molecule has 3 aliphatic rings. The van der Waals surface area contributed by atoms with Crippen molar-refractivity contribution in [3.05, 3.63) is 23.8 Å². The molecule has 5 heteroatoms. The number of rotatable bonds is 3. The van der Waals surface area contributed by atoms with Crippen LogP contribution < -0.4 is 9.47 Å². The summed E-state index contributed by atoms with van der Waals surface area (Å²) in [6.07, 6.45) is 2.71. The van der Waals surface area contributed by atoms with Gasteiger partial charge in [-0.3, -0.25) is 0 Å². The van der Waals surface area contributed by atoms with Crippen LogP contribution in [0.3, 0.4) is 0 Å². The lowest BCUT2D eigenvalue weighted by Crippen LogP contribution is -2.49. The van der Waals surface area contributed by atoms with Gasteiger partial charge in [0.25, 0.3) is 0 Å². The minimum absolute atomic E-state index is 0.0415. The van der Waals surface area contributed by atoms with E-state index < -0.39 is 0 Å². The topological polar surface area (TPSA) is 38.8 Å². The largest absolute Gasteiger partial charge is 0.493 e. The van der Waals surface area contributed by atoms with Crippen molar-refractivity contribution in [1.29, 1.82) is 0 Å². The van der Waals surface area contributed by atoms with Gasteiger partial charge in [0.15, 0.2) is 18.8 Å². The molecule has 3 unspecified atom stereocenters. The molecule has 0 amide bonds. The molecule has 1 radical (unpaired) electrons. The maximum atomic E-state index is 12.2. The quantitative estimate of drug-likeness (QED) is 0.800. The molecule has 3 atom stereocenters. The van der Waals surface area contributed by atoms with Gasteiger partial charge in [0.1, 0.15) is 5.78 Å². The molecule has 2 saturated heterocycles. The van der Waals surface area contributed by atoms with E-state index in [0.29, 0.717) is 12.2 Å². The van der Waals surface area contributed by atoms with Crippen molar-refractivity contribution >= 4 is 13.1 Å². The van der Waals surface area contributed by atoms with Gasteiger partial charge in [-0.2, -0.15) is 0 Å². The van der Waals surface area contributed by atoms with Crippen LogP contribution in [0.2, 0.25) is 5.82 Å². The Kier molecular flexibility index (Phi) is 4.41. The van der Waals surface area contributed by atoms with E-state index in [2.05, 4.69) is 31.4 Å². The molecule has 1 aromatic rings. The van der Waals surface area contributed by atoms with Crippen LogP contribution in [0.5, 0.6) is 11.5 Å². The van der Waals surface area contributed by atoms with Gasteiger partial charge in [-0.15, -0.1) is 0 Å². The van der Waals surface area contributed by atoms with Crippen LogP contribution in [0, 0.1) is 0 Å². The lowest BCUT2D eigenvalue weighted by atomic mass is 9.62. The third-order valence-corrected chi connectivity index (χ3v) is 6.14. The molecule has 1 saturated carbocycles. The summed E-state index contributed by atoms with van der Waals surface area (Å²) in [7, 11) is 7.75. The molecule has 2 heterocycles. The molecule has 1 aliphatic carbocycles. The Bertz CT molecular complexity index is 649. The summed E-state index contributed by atoms with van der Waals surface area (Å²) in [6.45, 7) is 5.04. The van der Waals surface area contributed by atoms with Gasteiger partial charge in [-0.1, -0.05) is 19.9 Å². The fourth-order valence-corrected chi connectivity index (χ4v) is 4.95. The minimum atomic E-state index is -0.0675. The van der Waals surface area contributed by atoms with Crippen molar-refractivity contribution in [2.45, 2.75) is 49.8 Å². The number of hydrogen-bond acceptors (Lipinski definition) is 4. The van der Waals surface area contributed by atoms with Crippen LogP contribution in [0.25, 0.3) is 0 Å². The third-order valence-electron chi connectivity index (χ3n) is 6.14. The number of benzene rings is 1. The number of methoxy groups -OCH3 is 2. The molecule has 0 N–H and O–H groups in total. The monoisotopic (exact) mass is 328 g/mol. The van der Waals surface area contributed by atoms with Crippen LogP contribution in [0.15, 0.2) is 18.2 Å². The Morgan fingerprint density at radius 3 is 2.54 bits per heavy atom. The van der Waals surface area contributed by atoms with Crippen LogP contribution >= 0.6 is 0 Å². The van der Waals surface area contributed by atoms with Crippen molar-refractivity contribution in [3.8, 4) is 11.5 Å². The Balaban J connectivity index is 0.000000815. The number of ketones is 1. The summed E-state index contributed by atoms with van der Waals surface area (Å²) in [5, 5.41) is 0. The summed E-state index contributed by atoms with van der Waals surface area (Å²) < 4.78 is 10.9. The third kappa shape index (κ3) is 2.06. The van der Waals surface area contributed by atoms with E-state index in [1.165, 1.54) is 5.56 Å². The molecule has 129 valence electrons. The highest BCUT2D eigenvalue weighted by Gasteiger charge is 2.75. The van der Waals surface area contributed by atoms with E-state index in [-0.39, 0.29) is 16.7 Å². The molecule has 4 nitrogen and oxygen atoms in total. The normalized spacial score (nSPS) is 33.5. The summed E-state index contributed by atoms with van der Waals surface area (Å²) in [6, 6.07) is 6.25. The van der Waals surface area contributed by atoms with Crippen molar-refractivity contribution in [1.82, 2.24) is 4.90 Å². The Morgan fingerprint density at radius 1 is 1.17 bits per heavy atom. The first-order valence-corrected chi connectivity index (χ1v) is 8.91. The smallest absolute Gasteiger partial charge is 0.161 e. The fraction of sp³-hybridized carbons (Fsp3) is 0.632. The standard InChI is InChI=1S/C17H21BNO3.C2H6/c1-19-9-8-16(7-6-12(20)15-17(16,19)18-15)11-4-5-13(21-2)14(10-11)22-3;1-2/h4-5,10,15H,6-9H2,1-3H3;1-2H3. The lowest BCUT2D eigenvalue weighted by Gasteiger charge is -2.43. The first kappa shape index (κ1) is 17.3. The van der Waals surface area contributed by atoms with E-state index in [4.69, 9.17) is 9.47 Å². The second kappa shape index (κ2) is 6.10. The Labute approximate surface area is 145 Å². The van der Waals surface area contributed by atoms with Crippen molar-refractivity contribution in [3.63, 3.8) is 0 Å². The zero-order valence-corrected chi connectivity index (χ0v) is 15.4. The Morgan fingerprint density at radius 2 is 1.88 bits per heavy atom. The number of carbonyl (C=O) groups excluding carboxylic acids is 1. The maximum absolute atomic E-state index is 12.2. The van der Waals surface area contributed by atoms with Gasteiger partial charge < -0.3 is 19.2 Å². The highest BCUT2D eigenvalue weighted by molar-refractivity contribution is 6.65. The van der Waals surface area contributed by atoms with E-state index in [1.807, 2.05) is 19.9 Å². The predicted octanol–water partition coefficient (Wildman–Crippen LogP) is 2.87. The van der Waals surface area contributed by atoms with E-state index in [0.717, 1.165) is 30.9 Å². The van der Waals surface area contributed by atoms with Crippen LogP contribution in [0.1, 0.15) is 38.7 Å². The molecule has 0 aromatic heterocycles. The number of nitrogens with zero attached hydrogens (tertiary/aromatic N) is 1. The van der Waals surface area contributed by atoms with Gasteiger partial charge in [0.05, 0.1) is 14.2 Å². The van der Waals surface area contributed by atoms with E-state index in [9.17, 15) is 4.79 Å². The molecular formula is C19H27BNO3. The van der Waals surface area contributed by atoms with Crippen LogP contribution in [-0.4, -0.2) is 51.2 Å². The first-order chi connectivity index (χ1) is 11.6. The van der Waals surface area contributed by atoms with E-state index in [1.54, 1.807) is 14.2 Å². The van der Waals surface area contributed by atoms with Crippen molar-refractivity contribution < 1.29 is 14.3 Å². The molecule has 24 heavy (non-hydrogen) atoms. The number of carbonyl (C=O) groups is 1. The molecule has 2 aliphatic heterocycles. The zero-order valence-electron chi connectivity index (χ0n) is 15.4. The highest BCUT2D eigenvalue weighted by atomic mass is 16.5. The van der Waals surface area contributed by atoms with Crippen LogP contribution in [0.4, 0.5) is 0 Å². The SMILES string of the molecule is CC.COc1ccc(C23CCC(=O)C4[B]C42N(C)CC3)cc1OC. The second-order valence-electron chi connectivity index (χ2n) is 6.76. The number of Topliss-reactive ketones (excluding diaryl/α,β-unsaturated/α-hetero) is 1. The lowest BCUT2D eigenvalue weighted by molar-refractivity contribution is -0.121. The van der Waals surface area contributed by atoms with Gasteiger partial charge >= 0.3 is 0 Å². The maximum Gasteiger partial charge on any atom is 0.161 e. The average Bonchev–Trinajstić information content (AvgIpc) is 3.34. The molecular weight excluding hydrogens is 301 g/mol. The molecule has 1 spiro atoms. The van der Waals surface area contributed by atoms with E-state index >= 15 is 0 Å². The molecule has 0 bridgehead atoms. The second-order valence-corrected chi connectivity index (χ2v) is 6.76. The summed E-state index contributed by atoms with van der Waals surface area (Å²) in [5.74, 6) is 2.05. The average molecular weight is 328 g/mol. The number of ether oxygens (including phenoxy) is 2. The number of hydrogen-bond donors (Lipinski definition) is 0. The fourth-order valence-electron chi connectivity index (χ4n) is 4.95. The summed E-state index contributed by atoms with van der Waals surface area (Å²) >= 11 is 0. The van der Waals surface area contributed by atoms with Crippen molar-refractivity contribution in [2.75, 3.05) is 27.8 Å². The van der Waals surface area contributed by atoms with Gasteiger partial charge in [0.2, 0.25) is 0 Å².